The lowest BCUT2D eigenvalue weighted by molar-refractivity contribution is -0.154. The zero-order valence-corrected chi connectivity index (χ0v) is 31.2. The van der Waals surface area contributed by atoms with Gasteiger partial charge in [-0.1, -0.05) is 148 Å². The second-order valence-corrected chi connectivity index (χ2v) is 14.4. The number of allylic oxidation sites excluding steroid dienone is 2. The molecule has 0 aromatic rings. The highest BCUT2D eigenvalue weighted by Gasteiger charge is 2.26. The van der Waals surface area contributed by atoms with Crippen molar-refractivity contribution in [1.29, 1.82) is 0 Å². The predicted molar refractivity (Wildman–Crippen MR) is 191 cm³/mol. The lowest BCUT2D eigenvalue weighted by Crippen LogP contribution is -2.29. The van der Waals surface area contributed by atoms with Gasteiger partial charge in [-0.05, 0) is 32.1 Å². The van der Waals surface area contributed by atoms with E-state index in [2.05, 4.69) is 26.0 Å². The highest BCUT2D eigenvalue weighted by Crippen LogP contribution is 2.43. The number of unbranched alkanes of at least 4 members (excludes halogenated alkanes) is 21. The second kappa shape index (κ2) is 35.0. The summed E-state index contributed by atoms with van der Waals surface area (Å²) in [5.41, 5.74) is 0. The molecule has 0 aromatic carbocycles. The van der Waals surface area contributed by atoms with Crippen LogP contribution in [0.1, 0.15) is 174 Å². The van der Waals surface area contributed by atoms with Crippen LogP contribution in [-0.4, -0.2) is 66.3 Å². The minimum absolute atomic E-state index is 0.0510. The molecule has 0 saturated carbocycles. The summed E-state index contributed by atoms with van der Waals surface area (Å²) in [5.74, 6) is -0.391. The highest BCUT2D eigenvalue weighted by molar-refractivity contribution is 7.47. The Morgan fingerprint density at radius 3 is 1.66 bits per heavy atom. The number of esters is 1. The van der Waals surface area contributed by atoms with Crippen LogP contribution in [0.25, 0.3) is 0 Å². The van der Waals surface area contributed by atoms with Crippen LogP contribution in [0, 0.1) is 0 Å². The highest BCUT2D eigenvalue weighted by atomic mass is 31.2. The average Bonchev–Trinajstić information content (AvgIpc) is 3.06. The third-order valence-corrected chi connectivity index (χ3v) is 9.15. The van der Waals surface area contributed by atoms with Gasteiger partial charge in [0.15, 0.2) is 0 Å². The summed E-state index contributed by atoms with van der Waals surface area (Å²) in [4.78, 5) is 22.4. The molecule has 0 heterocycles. The number of hydrogen-bond acceptors (Lipinski definition) is 8. The lowest BCUT2D eigenvalue weighted by Gasteiger charge is -2.20. The van der Waals surface area contributed by atoms with Gasteiger partial charge in [0.05, 0.1) is 26.4 Å². The number of phosphoric ester groups is 1. The van der Waals surface area contributed by atoms with Gasteiger partial charge in [0.2, 0.25) is 0 Å². The van der Waals surface area contributed by atoms with Gasteiger partial charge in [0.1, 0.15) is 12.2 Å². The number of ether oxygens (including phenoxy) is 2. The second-order valence-electron chi connectivity index (χ2n) is 13.0. The van der Waals surface area contributed by atoms with Gasteiger partial charge >= 0.3 is 13.8 Å². The average molecular weight is 693 g/mol. The van der Waals surface area contributed by atoms with Crippen molar-refractivity contribution in [3.8, 4) is 0 Å². The Morgan fingerprint density at radius 1 is 0.638 bits per heavy atom. The first-order valence-corrected chi connectivity index (χ1v) is 20.7. The first-order chi connectivity index (χ1) is 22.8. The Balaban J connectivity index is 4.19. The van der Waals surface area contributed by atoms with Gasteiger partial charge in [0.25, 0.3) is 0 Å². The fourth-order valence-electron chi connectivity index (χ4n) is 5.22. The summed E-state index contributed by atoms with van der Waals surface area (Å²) < 4.78 is 33.2. The summed E-state index contributed by atoms with van der Waals surface area (Å²) in [6.07, 6.45) is 31.7. The van der Waals surface area contributed by atoms with Crippen molar-refractivity contribution in [1.82, 2.24) is 0 Å². The molecule has 0 rings (SSSR count). The molecule has 0 aliphatic carbocycles. The number of phosphoric acid groups is 1. The summed E-state index contributed by atoms with van der Waals surface area (Å²) in [6.45, 7) is 3.48. The minimum Gasteiger partial charge on any atom is -0.457 e. The molecule has 0 aliphatic rings. The normalized spacial score (nSPS) is 14.4. The monoisotopic (exact) mass is 692 g/mol. The van der Waals surface area contributed by atoms with E-state index in [1.807, 2.05) is 0 Å². The maximum atomic E-state index is 12.5. The molecule has 0 amide bonds. The van der Waals surface area contributed by atoms with Gasteiger partial charge in [0, 0.05) is 13.0 Å². The lowest BCUT2D eigenvalue weighted by atomic mass is 10.0. The van der Waals surface area contributed by atoms with Gasteiger partial charge in [-0.15, -0.1) is 0 Å². The van der Waals surface area contributed by atoms with E-state index in [1.54, 1.807) is 0 Å². The Morgan fingerprint density at radius 2 is 1.11 bits per heavy atom. The van der Waals surface area contributed by atoms with Crippen LogP contribution in [0.2, 0.25) is 0 Å². The van der Waals surface area contributed by atoms with Gasteiger partial charge in [-0.3, -0.25) is 13.8 Å². The Kier molecular flexibility index (Phi) is 34.4. The first kappa shape index (κ1) is 46.2. The van der Waals surface area contributed by atoms with Crippen molar-refractivity contribution < 1.29 is 43.0 Å². The third kappa shape index (κ3) is 34.8. The molecule has 0 radical (unpaired) electrons. The van der Waals surface area contributed by atoms with Crippen molar-refractivity contribution in [3.63, 3.8) is 0 Å². The van der Waals surface area contributed by atoms with E-state index in [0.29, 0.717) is 6.61 Å². The minimum atomic E-state index is -4.50. The molecule has 9 nitrogen and oxygen atoms in total. The molecule has 3 unspecified atom stereocenters. The van der Waals surface area contributed by atoms with Crippen LogP contribution in [-0.2, 0) is 27.9 Å². The molecule has 3 atom stereocenters. The van der Waals surface area contributed by atoms with Crippen molar-refractivity contribution in [2.24, 2.45) is 0 Å². The zero-order chi connectivity index (χ0) is 34.7. The van der Waals surface area contributed by atoms with Crippen molar-refractivity contribution >= 4 is 13.8 Å². The quantitative estimate of drug-likeness (QED) is 0.0252. The molecule has 280 valence electrons. The standard InChI is InChI=1S/C37H73O9P/c1-3-5-7-9-11-13-15-16-17-18-20-22-24-26-28-30-43-33-36(34-45-47(41,42)44-32-35(39)31-38)46-37(40)29-27-25-23-21-19-14-12-10-8-6-4-2/h10,12,35-36,38-39H,3-9,11,13-34H2,1-2H3,(H,41,42)/b12-10-. The van der Waals surface area contributed by atoms with E-state index in [1.165, 1.54) is 96.3 Å². The molecule has 47 heavy (non-hydrogen) atoms. The van der Waals surface area contributed by atoms with Crippen molar-refractivity contribution in [2.75, 3.05) is 33.0 Å². The predicted octanol–water partition coefficient (Wildman–Crippen LogP) is 9.75. The number of aliphatic hydroxyl groups is 2. The van der Waals surface area contributed by atoms with E-state index in [4.69, 9.17) is 23.6 Å². The number of carbonyl (C=O) groups excluding carboxylic acids is 1. The summed E-state index contributed by atoms with van der Waals surface area (Å²) in [5, 5.41) is 18.3. The van der Waals surface area contributed by atoms with Crippen molar-refractivity contribution in [3.05, 3.63) is 12.2 Å². The zero-order valence-electron chi connectivity index (χ0n) is 30.3. The molecular formula is C37H73O9P. The Labute approximate surface area is 288 Å². The van der Waals surface area contributed by atoms with Crippen LogP contribution in [0.3, 0.4) is 0 Å². The SMILES string of the molecule is CCCC/C=C\CCCCCCCC(=O)OC(COCCCCCCCCCCCCCCCCC)COP(=O)(O)OCC(O)CO. The largest absolute Gasteiger partial charge is 0.472 e. The molecule has 0 aromatic heterocycles. The van der Waals surface area contributed by atoms with E-state index >= 15 is 0 Å². The van der Waals surface area contributed by atoms with Gasteiger partial charge in [-0.25, -0.2) is 4.57 Å². The number of carbonyl (C=O) groups is 1. The molecule has 0 saturated heterocycles. The van der Waals surface area contributed by atoms with Crippen LogP contribution in [0.5, 0.6) is 0 Å². The molecule has 0 spiro atoms. The number of aliphatic hydroxyl groups excluding tert-OH is 2. The fourth-order valence-corrected chi connectivity index (χ4v) is 6.01. The van der Waals surface area contributed by atoms with Crippen LogP contribution in [0.4, 0.5) is 0 Å². The molecule has 3 N–H and O–H groups in total. The molecular weight excluding hydrogens is 619 g/mol. The summed E-state index contributed by atoms with van der Waals surface area (Å²) in [7, 11) is -4.50. The fraction of sp³-hybridized carbons (Fsp3) is 0.919. The van der Waals surface area contributed by atoms with E-state index in [-0.39, 0.29) is 19.6 Å². The third-order valence-electron chi connectivity index (χ3n) is 8.20. The topological polar surface area (TPSA) is 132 Å². The Hall–Kier alpha value is -0.800. The molecule has 0 bridgehead atoms. The first-order valence-electron chi connectivity index (χ1n) is 19.2. The maximum Gasteiger partial charge on any atom is 0.472 e. The summed E-state index contributed by atoms with van der Waals surface area (Å²) >= 11 is 0. The molecule has 10 heteroatoms. The van der Waals surface area contributed by atoms with E-state index in [0.717, 1.165) is 57.8 Å². The van der Waals surface area contributed by atoms with Crippen LogP contribution >= 0.6 is 7.82 Å². The number of hydrogen-bond donors (Lipinski definition) is 3. The van der Waals surface area contributed by atoms with Crippen LogP contribution in [0.15, 0.2) is 12.2 Å². The number of rotatable bonds is 37. The smallest absolute Gasteiger partial charge is 0.457 e. The summed E-state index contributed by atoms with van der Waals surface area (Å²) in [6, 6.07) is 0. The van der Waals surface area contributed by atoms with Crippen LogP contribution < -0.4 is 0 Å². The molecule has 0 aliphatic heterocycles. The van der Waals surface area contributed by atoms with Gasteiger partial charge < -0.3 is 24.6 Å². The van der Waals surface area contributed by atoms with E-state index in [9.17, 15) is 19.4 Å². The maximum absolute atomic E-state index is 12.5. The van der Waals surface area contributed by atoms with Crippen molar-refractivity contribution in [2.45, 2.75) is 187 Å². The van der Waals surface area contributed by atoms with Gasteiger partial charge in [-0.2, -0.15) is 0 Å². The Bertz CT molecular complexity index is 749. The molecule has 0 fully saturated rings. The van der Waals surface area contributed by atoms with E-state index < -0.39 is 39.2 Å².